The molecule has 0 unspecified atom stereocenters. The van der Waals surface area contributed by atoms with E-state index < -0.39 is 0 Å². The van der Waals surface area contributed by atoms with E-state index in [1.165, 1.54) is 16.9 Å². The van der Waals surface area contributed by atoms with Gasteiger partial charge in [-0.3, -0.25) is 14.6 Å². The maximum absolute atomic E-state index is 13.4. The van der Waals surface area contributed by atoms with Gasteiger partial charge in [0, 0.05) is 53.7 Å². The smallest absolute Gasteiger partial charge is 0.254 e. The van der Waals surface area contributed by atoms with E-state index in [0.29, 0.717) is 30.8 Å². The summed E-state index contributed by atoms with van der Waals surface area (Å²) in [4.78, 5) is 32.3. The van der Waals surface area contributed by atoms with Gasteiger partial charge in [-0.2, -0.15) is 16.4 Å². The molecule has 0 fully saturated rings. The zero-order valence-electron chi connectivity index (χ0n) is 20.0. The van der Waals surface area contributed by atoms with Crippen LogP contribution in [0.2, 0.25) is 0 Å². The highest BCUT2D eigenvalue weighted by Crippen LogP contribution is 2.26. The Morgan fingerprint density at radius 3 is 2.71 bits per heavy atom. The molecule has 0 aliphatic carbocycles. The van der Waals surface area contributed by atoms with E-state index in [4.69, 9.17) is 0 Å². The molecule has 4 aromatic rings. The van der Waals surface area contributed by atoms with Crippen LogP contribution >= 0.6 is 11.3 Å². The molecule has 1 aliphatic heterocycles. The van der Waals surface area contributed by atoms with Crippen molar-refractivity contribution >= 4 is 23.2 Å². The number of nitrogens with zero attached hydrogens (tertiary/aromatic N) is 4. The summed E-state index contributed by atoms with van der Waals surface area (Å²) >= 11 is 1.50. The van der Waals surface area contributed by atoms with Crippen LogP contribution in [0, 0.1) is 20.8 Å². The molecule has 3 aromatic heterocycles. The number of aromatic nitrogens is 3. The molecule has 35 heavy (non-hydrogen) atoms. The number of thiophene rings is 1. The van der Waals surface area contributed by atoms with Crippen LogP contribution in [0.5, 0.6) is 0 Å². The van der Waals surface area contributed by atoms with Crippen molar-refractivity contribution in [2.45, 2.75) is 40.3 Å². The number of hydrogen-bond donors (Lipinski definition) is 1. The summed E-state index contributed by atoms with van der Waals surface area (Å²) in [7, 11) is 0. The Bertz CT molecular complexity index is 1410. The molecule has 0 radical (unpaired) electrons. The van der Waals surface area contributed by atoms with Gasteiger partial charge in [-0.1, -0.05) is 6.07 Å². The maximum atomic E-state index is 13.4. The highest BCUT2D eigenvalue weighted by Gasteiger charge is 2.25. The molecule has 4 heterocycles. The van der Waals surface area contributed by atoms with E-state index in [1.807, 2.05) is 83.7 Å². The third kappa shape index (κ3) is 4.61. The Labute approximate surface area is 208 Å². The number of amides is 2. The fourth-order valence-electron chi connectivity index (χ4n) is 4.64. The predicted molar refractivity (Wildman–Crippen MR) is 136 cm³/mol. The number of hydrogen-bond acceptors (Lipinski definition) is 5. The zero-order valence-corrected chi connectivity index (χ0v) is 20.9. The van der Waals surface area contributed by atoms with Crippen LogP contribution in [0.25, 0.3) is 5.69 Å². The molecule has 2 amide bonds. The first kappa shape index (κ1) is 23.0. The van der Waals surface area contributed by atoms with Crippen LogP contribution in [0.1, 0.15) is 54.5 Å². The molecule has 5 rings (SSSR count). The second-order valence-electron chi connectivity index (χ2n) is 8.89. The molecule has 1 N–H and O–H groups in total. The number of rotatable bonds is 5. The van der Waals surface area contributed by atoms with Gasteiger partial charge in [-0.15, -0.1) is 0 Å². The van der Waals surface area contributed by atoms with Gasteiger partial charge < -0.3 is 10.2 Å². The number of fused-ring (bicyclic) bond motifs is 1. The third-order valence-electron chi connectivity index (χ3n) is 6.44. The minimum atomic E-state index is -0.0849. The molecule has 178 valence electrons. The minimum Gasteiger partial charge on any atom is -0.348 e. The molecule has 1 aliphatic rings. The number of benzene rings is 1. The third-order valence-corrected chi connectivity index (χ3v) is 7.12. The largest absolute Gasteiger partial charge is 0.348 e. The van der Waals surface area contributed by atoms with Gasteiger partial charge >= 0.3 is 0 Å². The maximum Gasteiger partial charge on any atom is 0.254 e. The van der Waals surface area contributed by atoms with Crippen molar-refractivity contribution in [3.63, 3.8) is 0 Å². The van der Waals surface area contributed by atoms with Crippen LogP contribution in [0.15, 0.2) is 53.4 Å². The first-order chi connectivity index (χ1) is 16.9. The fourth-order valence-corrected chi connectivity index (χ4v) is 5.27. The number of aryl methyl sites for hydroxylation is 3. The predicted octanol–water partition coefficient (Wildman–Crippen LogP) is 4.38. The highest BCUT2D eigenvalue weighted by molar-refractivity contribution is 7.08. The Morgan fingerprint density at radius 2 is 1.97 bits per heavy atom. The van der Waals surface area contributed by atoms with Gasteiger partial charge in [0.05, 0.1) is 11.4 Å². The normalized spacial score (nSPS) is 12.9. The first-order valence-electron chi connectivity index (χ1n) is 11.6. The Balaban J connectivity index is 1.34. The van der Waals surface area contributed by atoms with Crippen molar-refractivity contribution in [1.82, 2.24) is 25.0 Å². The lowest BCUT2D eigenvalue weighted by molar-refractivity contribution is 0.0734. The topological polar surface area (TPSA) is 80.1 Å². The average molecular weight is 486 g/mol. The lowest BCUT2D eigenvalue weighted by atomic mass is 9.94. The monoisotopic (exact) mass is 485 g/mol. The van der Waals surface area contributed by atoms with Crippen molar-refractivity contribution in [2.24, 2.45) is 0 Å². The molecule has 0 atom stereocenters. The molecule has 8 heteroatoms. The van der Waals surface area contributed by atoms with Crippen LogP contribution < -0.4 is 5.32 Å². The van der Waals surface area contributed by atoms with Crippen molar-refractivity contribution in [3.05, 3.63) is 98.3 Å². The Morgan fingerprint density at radius 1 is 1.11 bits per heavy atom. The van der Waals surface area contributed by atoms with E-state index in [1.54, 1.807) is 0 Å². The molecule has 0 spiro atoms. The lowest BCUT2D eigenvalue weighted by Gasteiger charge is -2.30. The van der Waals surface area contributed by atoms with Crippen LogP contribution in [-0.2, 0) is 19.5 Å². The summed E-state index contributed by atoms with van der Waals surface area (Å²) in [6.45, 7) is 7.47. The van der Waals surface area contributed by atoms with E-state index in [2.05, 4.69) is 15.4 Å². The Hall–Kier alpha value is -3.78. The molecular formula is C27H27N5O2S. The van der Waals surface area contributed by atoms with E-state index in [0.717, 1.165) is 40.3 Å². The van der Waals surface area contributed by atoms with Crippen molar-refractivity contribution in [2.75, 3.05) is 6.54 Å². The summed E-state index contributed by atoms with van der Waals surface area (Å²) in [5.74, 6) is -0.0923. The fraction of sp³-hybridized carbons (Fsp3) is 0.259. The summed E-state index contributed by atoms with van der Waals surface area (Å²) in [6, 6.07) is 11.5. The van der Waals surface area contributed by atoms with E-state index >= 15 is 0 Å². The average Bonchev–Trinajstić information content (AvgIpc) is 3.52. The summed E-state index contributed by atoms with van der Waals surface area (Å²) in [5.41, 5.74) is 8.33. The second kappa shape index (κ2) is 9.46. The Kier molecular flexibility index (Phi) is 6.21. The number of carbonyl (C=O) groups excluding carboxylic acids is 2. The van der Waals surface area contributed by atoms with Gasteiger partial charge in [0.15, 0.2) is 0 Å². The zero-order chi connectivity index (χ0) is 24.5. The van der Waals surface area contributed by atoms with Crippen molar-refractivity contribution < 1.29 is 9.59 Å². The minimum absolute atomic E-state index is 0.00748. The number of nitrogens with one attached hydrogen (secondary N) is 1. The van der Waals surface area contributed by atoms with E-state index in [-0.39, 0.29) is 11.8 Å². The highest BCUT2D eigenvalue weighted by atomic mass is 32.1. The van der Waals surface area contributed by atoms with Crippen LogP contribution in [0.4, 0.5) is 0 Å². The molecule has 0 saturated heterocycles. The summed E-state index contributed by atoms with van der Waals surface area (Å²) < 4.78 is 1.86. The van der Waals surface area contributed by atoms with E-state index in [9.17, 15) is 9.59 Å². The van der Waals surface area contributed by atoms with Crippen molar-refractivity contribution in [3.8, 4) is 5.69 Å². The SMILES string of the molecule is Cc1cc(C)n(-c2cccc(C(=O)N3CCc4c(cnc(C)c4CNC(=O)c4ccsc4)C3)c2)n1. The first-order valence-corrected chi connectivity index (χ1v) is 12.5. The van der Waals surface area contributed by atoms with Crippen molar-refractivity contribution in [1.29, 1.82) is 0 Å². The summed E-state index contributed by atoms with van der Waals surface area (Å²) in [6.07, 6.45) is 2.59. The van der Waals surface area contributed by atoms with Gasteiger partial charge in [0.2, 0.25) is 0 Å². The number of carbonyl (C=O) groups is 2. The molecular weight excluding hydrogens is 458 g/mol. The van der Waals surface area contributed by atoms with Crippen LogP contribution in [0.3, 0.4) is 0 Å². The van der Waals surface area contributed by atoms with Gasteiger partial charge in [-0.05, 0) is 79.6 Å². The number of pyridine rings is 1. The van der Waals surface area contributed by atoms with Gasteiger partial charge in [0.25, 0.3) is 11.8 Å². The standard InChI is InChI=1S/C27H27N5O2S/c1-17-11-18(2)32(30-17)23-6-4-5-20(12-23)27(34)31-9-7-24-22(15-31)13-28-19(3)25(24)14-29-26(33)21-8-10-35-16-21/h4-6,8,10-13,16H,7,9,14-15H2,1-3H3,(H,29,33). The van der Waals surface area contributed by atoms with Crippen LogP contribution in [-0.4, -0.2) is 38.0 Å². The van der Waals surface area contributed by atoms with Gasteiger partial charge in [-0.25, -0.2) is 4.68 Å². The molecule has 1 aromatic carbocycles. The summed E-state index contributed by atoms with van der Waals surface area (Å²) in [5, 5.41) is 11.3. The molecule has 0 saturated carbocycles. The molecule has 0 bridgehead atoms. The van der Waals surface area contributed by atoms with Gasteiger partial charge in [0.1, 0.15) is 0 Å². The molecule has 7 nitrogen and oxygen atoms in total. The lowest BCUT2D eigenvalue weighted by Crippen LogP contribution is -2.37. The second-order valence-corrected chi connectivity index (χ2v) is 9.67. The quantitative estimate of drug-likeness (QED) is 0.455.